The van der Waals surface area contributed by atoms with Crippen molar-refractivity contribution < 1.29 is 0 Å². The van der Waals surface area contributed by atoms with Crippen molar-refractivity contribution in [2.75, 3.05) is 0 Å². The smallest absolute Gasteiger partial charge is 0.128 e. The van der Waals surface area contributed by atoms with Crippen LogP contribution in [0.5, 0.6) is 0 Å². The zero-order valence-corrected chi connectivity index (χ0v) is 7.71. The summed E-state index contributed by atoms with van der Waals surface area (Å²) in [7, 11) is 0. The summed E-state index contributed by atoms with van der Waals surface area (Å²) in [5.41, 5.74) is 6.60. The molecule has 11 heavy (non-hydrogen) atoms. The SMILES string of the molecule is Cc1ccsc1C(N)C#N.Cl. The molecule has 1 heterocycles. The molecule has 0 radical (unpaired) electrons. The Morgan fingerprint density at radius 2 is 2.36 bits per heavy atom. The molecular weight excluding hydrogens is 180 g/mol. The van der Waals surface area contributed by atoms with Gasteiger partial charge in [-0.1, -0.05) is 0 Å². The maximum atomic E-state index is 8.46. The van der Waals surface area contributed by atoms with Gasteiger partial charge in [0.1, 0.15) is 6.04 Å². The molecule has 4 heteroatoms. The summed E-state index contributed by atoms with van der Waals surface area (Å²) in [4.78, 5) is 0.975. The summed E-state index contributed by atoms with van der Waals surface area (Å²) in [6.07, 6.45) is 0. The van der Waals surface area contributed by atoms with Gasteiger partial charge >= 0.3 is 0 Å². The number of hydrogen-bond acceptors (Lipinski definition) is 3. The second-order valence-electron chi connectivity index (χ2n) is 2.07. The molecule has 0 aromatic carbocycles. The van der Waals surface area contributed by atoms with E-state index in [-0.39, 0.29) is 12.4 Å². The van der Waals surface area contributed by atoms with Crippen LogP contribution in [0.25, 0.3) is 0 Å². The Bertz CT molecular complexity index is 264. The van der Waals surface area contributed by atoms with Gasteiger partial charge < -0.3 is 5.73 Å². The molecule has 0 saturated carbocycles. The second kappa shape index (κ2) is 4.35. The summed E-state index contributed by atoms with van der Waals surface area (Å²) >= 11 is 1.53. The van der Waals surface area contributed by atoms with Gasteiger partial charge in [-0.15, -0.1) is 23.7 Å². The Morgan fingerprint density at radius 1 is 1.73 bits per heavy atom. The van der Waals surface area contributed by atoms with Crippen molar-refractivity contribution in [1.82, 2.24) is 0 Å². The molecule has 0 amide bonds. The minimum Gasteiger partial charge on any atom is -0.312 e. The first kappa shape index (κ1) is 10.4. The number of nitrogens with zero attached hydrogens (tertiary/aromatic N) is 1. The quantitative estimate of drug-likeness (QED) is 0.733. The van der Waals surface area contributed by atoms with Crippen LogP contribution in [0.15, 0.2) is 11.4 Å². The lowest BCUT2D eigenvalue weighted by Crippen LogP contribution is -2.05. The fraction of sp³-hybridized carbons (Fsp3) is 0.286. The van der Waals surface area contributed by atoms with E-state index in [4.69, 9.17) is 11.0 Å². The molecule has 0 aliphatic carbocycles. The van der Waals surface area contributed by atoms with Gasteiger partial charge in [-0.3, -0.25) is 0 Å². The molecule has 1 atom stereocenters. The minimum atomic E-state index is -0.444. The fourth-order valence-electron chi connectivity index (χ4n) is 0.762. The third kappa shape index (κ3) is 2.19. The van der Waals surface area contributed by atoms with Gasteiger partial charge in [-0.2, -0.15) is 5.26 Å². The zero-order chi connectivity index (χ0) is 7.56. The molecule has 0 spiro atoms. The van der Waals surface area contributed by atoms with E-state index in [1.165, 1.54) is 11.3 Å². The van der Waals surface area contributed by atoms with Crippen LogP contribution in [-0.4, -0.2) is 0 Å². The maximum absolute atomic E-state index is 8.46. The van der Waals surface area contributed by atoms with Crippen LogP contribution < -0.4 is 5.73 Å². The lowest BCUT2D eigenvalue weighted by molar-refractivity contribution is 0.941. The highest BCUT2D eigenvalue weighted by molar-refractivity contribution is 7.10. The van der Waals surface area contributed by atoms with E-state index in [2.05, 4.69) is 0 Å². The van der Waals surface area contributed by atoms with Crippen LogP contribution in [0, 0.1) is 18.3 Å². The van der Waals surface area contributed by atoms with Crippen molar-refractivity contribution in [3.05, 3.63) is 21.9 Å². The lowest BCUT2D eigenvalue weighted by Gasteiger charge is -1.98. The third-order valence-electron chi connectivity index (χ3n) is 1.32. The number of rotatable bonds is 1. The van der Waals surface area contributed by atoms with Crippen LogP contribution in [0.2, 0.25) is 0 Å². The Hall–Kier alpha value is -0.560. The van der Waals surface area contributed by atoms with Gasteiger partial charge in [-0.25, -0.2) is 0 Å². The van der Waals surface area contributed by atoms with E-state index < -0.39 is 6.04 Å². The summed E-state index contributed by atoms with van der Waals surface area (Å²) < 4.78 is 0. The minimum absolute atomic E-state index is 0. The van der Waals surface area contributed by atoms with Gasteiger partial charge in [0, 0.05) is 4.88 Å². The van der Waals surface area contributed by atoms with E-state index in [0.717, 1.165) is 10.4 Å². The number of thiophene rings is 1. The Morgan fingerprint density at radius 3 is 2.73 bits per heavy atom. The van der Waals surface area contributed by atoms with E-state index in [9.17, 15) is 0 Å². The summed E-state index contributed by atoms with van der Waals surface area (Å²) in [6, 6.07) is 3.52. The van der Waals surface area contributed by atoms with Gasteiger partial charge in [0.25, 0.3) is 0 Å². The highest BCUT2D eigenvalue weighted by Crippen LogP contribution is 2.20. The molecule has 0 saturated heterocycles. The van der Waals surface area contributed by atoms with Crippen molar-refractivity contribution in [2.45, 2.75) is 13.0 Å². The second-order valence-corrected chi connectivity index (χ2v) is 3.02. The normalized spacial score (nSPS) is 11.4. The predicted octanol–water partition coefficient (Wildman–Crippen LogP) is 2.00. The Balaban J connectivity index is 0.000001000. The molecular formula is C7H9ClN2S. The molecule has 0 aliphatic rings. The summed E-state index contributed by atoms with van der Waals surface area (Å²) in [6.45, 7) is 1.96. The highest BCUT2D eigenvalue weighted by atomic mass is 35.5. The lowest BCUT2D eigenvalue weighted by atomic mass is 10.2. The maximum Gasteiger partial charge on any atom is 0.128 e. The molecule has 1 aromatic heterocycles. The number of nitriles is 1. The standard InChI is InChI=1S/C7H8N2S.ClH/c1-5-2-3-10-7(5)6(9)4-8;/h2-3,6H,9H2,1H3;1H. The number of nitrogens with two attached hydrogens (primary N) is 1. The van der Waals surface area contributed by atoms with Gasteiger partial charge in [0.2, 0.25) is 0 Å². The van der Waals surface area contributed by atoms with E-state index in [1.807, 2.05) is 24.4 Å². The Labute approximate surface area is 76.1 Å². The molecule has 1 rings (SSSR count). The largest absolute Gasteiger partial charge is 0.312 e. The first-order chi connectivity index (χ1) is 4.75. The average molecular weight is 189 g/mol. The van der Waals surface area contributed by atoms with Crippen molar-refractivity contribution in [3.8, 4) is 6.07 Å². The predicted molar refractivity (Wildman–Crippen MR) is 48.8 cm³/mol. The van der Waals surface area contributed by atoms with Crippen LogP contribution >= 0.6 is 23.7 Å². The van der Waals surface area contributed by atoms with Crippen molar-refractivity contribution in [3.63, 3.8) is 0 Å². The monoisotopic (exact) mass is 188 g/mol. The molecule has 60 valence electrons. The van der Waals surface area contributed by atoms with Crippen LogP contribution in [0.1, 0.15) is 16.5 Å². The van der Waals surface area contributed by atoms with Gasteiger partial charge in [-0.05, 0) is 23.9 Å². The van der Waals surface area contributed by atoms with Crippen molar-refractivity contribution >= 4 is 23.7 Å². The molecule has 2 N–H and O–H groups in total. The molecule has 0 bridgehead atoms. The first-order valence-electron chi connectivity index (χ1n) is 2.95. The van der Waals surface area contributed by atoms with Crippen molar-refractivity contribution in [2.24, 2.45) is 5.73 Å². The Kier molecular flexibility index (Phi) is 4.12. The van der Waals surface area contributed by atoms with Gasteiger partial charge in [0.05, 0.1) is 6.07 Å². The fourth-order valence-corrected chi connectivity index (χ4v) is 1.63. The van der Waals surface area contributed by atoms with Crippen LogP contribution in [0.4, 0.5) is 0 Å². The first-order valence-corrected chi connectivity index (χ1v) is 3.83. The van der Waals surface area contributed by atoms with Gasteiger partial charge in [0.15, 0.2) is 0 Å². The average Bonchev–Trinajstić information content (AvgIpc) is 2.34. The van der Waals surface area contributed by atoms with Crippen LogP contribution in [-0.2, 0) is 0 Å². The number of hydrogen-bond donors (Lipinski definition) is 1. The van der Waals surface area contributed by atoms with E-state index >= 15 is 0 Å². The summed E-state index contributed by atoms with van der Waals surface area (Å²) in [5, 5.41) is 10.4. The highest BCUT2D eigenvalue weighted by Gasteiger charge is 2.07. The molecule has 0 aliphatic heterocycles. The topological polar surface area (TPSA) is 49.8 Å². The van der Waals surface area contributed by atoms with Crippen molar-refractivity contribution in [1.29, 1.82) is 5.26 Å². The third-order valence-corrected chi connectivity index (χ3v) is 2.43. The van der Waals surface area contributed by atoms with Crippen LogP contribution in [0.3, 0.4) is 0 Å². The zero-order valence-electron chi connectivity index (χ0n) is 6.07. The van der Waals surface area contributed by atoms with E-state index in [0.29, 0.717) is 0 Å². The van der Waals surface area contributed by atoms with E-state index in [1.54, 1.807) is 0 Å². The number of halogens is 1. The molecule has 0 fully saturated rings. The number of aryl methyl sites for hydroxylation is 1. The molecule has 1 unspecified atom stereocenters. The summed E-state index contributed by atoms with van der Waals surface area (Å²) in [5.74, 6) is 0. The molecule has 1 aromatic rings. The molecule has 2 nitrogen and oxygen atoms in total.